The standard InChI is InChI=1S/C16H22BrN3O2/c1-16(2)13-9-11(17)10-18-14(13)20(15(16)22)12-3-5-19(6-4-12)7-8-21/h9-10,12,21H,3-8H2,1-2H3. The van der Waals surface area contributed by atoms with E-state index in [4.69, 9.17) is 5.11 Å². The average molecular weight is 368 g/mol. The van der Waals surface area contributed by atoms with Gasteiger partial charge >= 0.3 is 0 Å². The van der Waals surface area contributed by atoms with E-state index in [2.05, 4.69) is 25.8 Å². The molecule has 0 unspecified atom stereocenters. The van der Waals surface area contributed by atoms with Crippen molar-refractivity contribution in [3.63, 3.8) is 0 Å². The Morgan fingerprint density at radius 2 is 2.09 bits per heavy atom. The number of aliphatic hydroxyl groups is 1. The molecule has 1 saturated heterocycles. The van der Waals surface area contributed by atoms with E-state index >= 15 is 0 Å². The monoisotopic (exact) mass is 367 g/mol. The average Bonchev–Trinajstić information content (AvgIpc) is 2.69. The first-order valence-electron chi connectivity index (χ1n) is 7.78. The normalized spacial score (nSPS) is 22.2. The molecule has 0 aromatic carbocycles. The van der Waals surface area contributed by atoms with E-state index in [9.17, 15) is 4.79 Å². The molecule has 1 amide bonds. The third kappa shape index (κ3) is 2.57. The van der Waals surface area contributed by atoms with Crippen molar-refractivity contribution in [2.45, 2.75) is 38.1 Å². The highest BCUT2D eigenvalue weighted by Gasteiger charge is 2.47. The molecule has 3 heterocycles. The Morgan fingerprint density at radius 1 is 1.41 bits per heavy atom. The molecule has 0 radical (unpaired) electrons. The topological polar surface area (TPSA) is 56.7 Å². The van der Waals surface area contributed by atoms with Crippen LogP contribution in [0.3, 0.4) is 0 Å². The van der Waals surface area contributed by atoms with Crippen LogP contribution in [0.4, 0.5) is 5.82 Å². The van der Waals surface area contributed by atoms with Crippen molar-refractivity contribution in [2.75, 3.05) is 31.1 Å². The molecule has 0 bridgehead atoms. The summed E-state index contributed by atoms with van der Waals surface area (Å²) < 4.78 is 0.909. The molecule has 2 aliphatic heterocycles. The molecule has 1 aromatic heterocycles. The number of rotatable bonds is 3. The Balaban J connectivity index is 1.85. The summed E-state index contributed by atoms with van der Waals surface area (Å²) >= 11 is 3.45. The molecule has 0 atom stereocenters. The largest absolute Gasteiger partial charge is 0.395 e. The third-order valence-electron chi connectivity index (χ3n) is 4.83. The molecule has 5 nitrogen and oxygen atoms in total. The van der Waals surface area contributed by atoms with E-state index in [1.807, 2.05) is 24.8 Å². The van der Waals surface area contributed by atoms with Gasteiger partial charge in [-0.25, -0.2) is 4.98 Å². The molecule has 1 fully saturated rings. The molecule has 1 N–H and O–H groups in total. The number of β-amino-alcohol motifs (C(OH)–C–C–N with tert-alkyl or cyclic N) is 1. The number of carbonyl (C=O) groups excluding carboxylic acids is 1. The van der Waals surface area contributed by atoms with Crippen LogP contribution in [0.25, 0.3) is 0 Å². The van der Waals surface area contributed by atoms with Gasteiger partial charge in [0.2, 0.25) is 5.91 Å². The van der Waals surface area contributed by atoms with Crippen LogP contribution in [0, 0.1) is 0 Å². The quantitative estimate of drug-likeness (QED) is 0.886. The predicted octanol–water partition coefficient (Wildman–Crippen LogP) is 1.92. The molecule has 3 rings (SSSR count). The first kappa shape index (κ1) is 15.9. The SMILES string of the molecule is CC1(C)C(=O)N(C2CCN(CCO)CC2)c2ncc(Br)cc21. The number of pyridine rings is 1. The Kier molecular flexibility index (Phi) is 4.27. The van der Waals surface area contributed by atoms with Gasteiger partial charge in [-0.05, 0) is 48.7 Å². The fourth-order valence-electron chi connectivity index (χ4n) is 3.48. The maximum Gasteiger partial charge on any atom is 0.238 e. The zero-order chi connectivity index (χ0) is 15.9. The smallest absolute Gasteiger partial charge is 0.238 e. The van der Waals surface area contributed by atoms with Crippen LogP contribution in [-0.2, 0) is 10.2 Å². The van der Waals surface area contributed by atoms with Crippen LogP contribution in [-0.4, -0.2) is 53.2 Å². The van der Waals surface area contributed by atoms with Gasteiger partial charge in [0, 0.05) is 41.9 Å². The number of aliphatic hydroxyl groups excluding tert-OH is 1. The maximum atomic E-state index is 12.9. The van der Waals surface area contributed by atoms with Crippen molar-refractivity contribution < 1.29 is 9.90 Å². The highest BCUT2D eigenvalue weighted by Crippen LogP contribution is 2.43. The van der Waals surface area contributed by atoms with Gasteiger partial charge in [-0.1, -0.05) is 0 Å². The minimum absolute atomic E-state index is 0.147. The van der Waals surface area contributed by atoms with Gasteiger partial charge in [-0.3, -0.25) is 9.69 Å². The number of likely N-dealkylation sites (tertiary alicyclic amines) is 1. The van der Waals surface area contributed by atoms with Crippen LogP contribution in [0.2, 0.25) is 0 Å². The minimum atomic E-state index is -0.519. The number of fused-ring (bicyclic) bond motifs is 1. The number of anilines is 1. The summed E-state index contributed by atoms with van der Waals surface area (Å²) in [7, 11) is 0. The van der Waals surface area contributed by atoms with E-state index in [-0.39, 0.29) is 18.6 Å². The maximum absolute atomic E-state index is 12.9. The summed E-state index contributed by atoms with van der Waals surface area (Å²) in [6, 6.07) is 2.22. The number of carbonyl (C=O) groups is 1. The van der Waals surface area contributed by atoms with Crippen LogP contribution in [0.5, 0.6) is 0 Å². The fourth-order valence-corrected chi connectivity index (χ4v) is 3.81. The molecular weight excluding hydrogens is 346 g/mol. The zero-order valence-corrected chi connectivity index (χ0v) is 14.6. The second kappa shape index (κ2) is 5.91. The highest BCUT2D eigenvalue weighted by atomic mass is 79.9. The lowest BCUT2D eigenvalue weighted by molar-refractivity contribution is -0.122. The first-order chi connectivity index (χ1) is 10.4. The lowest BCUT2D eigenvalue weighted by atomic mass is 9.87. The molecule has 0 saturated carbocycles. The molecule has 0 aliphatic carbocycles. The summed E-state index contributed by atoms with van der Waals surface area (Å²) in [5.74, 6) is 0.965. The van der Waals surface area contributed by atoms with Crippen molar-refractivity contribution in [1.82, 2.24) is 9.88 Å². The van der Waals surface area contributed by atoms with Crippen molar-refractivity contribution in [1.29, 1.82) is 0 Å². The van der Waals surface area contributed by atoms with Gasteiger partial charge in [0.15, 0.2) is 0 Å². The molecule has 120 valence electrons. The number of hydrogen-bond donors (Lipinski definition) is 1. The van der Waals surface area contributed by atoms with Gasteiger partial charge < -0.3 is 10.0 Å². The van der Waals surface area contributed by atoms with Crippen molar-refractivity contribution in [3.05, 3.63) is 22.3 Å². The lowest BCUT2D eigenvalue weighted by Gasteiger charge is -2.36. The van der Waals surface area contributed by atoms with Crippen molar-refractivity contribution in [3.8, 4) is 0 Å². The van der Waals surface area contributed by atoms with Crippen LogP contribution in [0.15, 0.2) is 16.7 Å². The van der Waals surface area contributed by atoms with Crippen LogP contribution >= 0.6 is 15.9 Å². The summed E-state index contributed by atoms with van der Waals surface area (Å²) in [6.07, 6.45) is 3.62. The lowest BCUT2D eigenvalue weighted by Crippen LogP contribution is -2.49. The Hall–Kier alpha value is -0.980. The number of nitrogens with zero attached hydrogens (tertiary/aromatic N) is 3. The number of piperidine rings is 1. The summed E-state index contributed by atoms with van der Waals surface area (Å²) in [4.78, 5) is 21.6. The summed E-state index contributed by atoms with van der Waals surface area (Å²) in [6.45, 7) is 6.70. The number of hydrogen-bond acceptors (Lipinski definition) is 4. The number of amides is 1. The predicted molar refractivity (Wildman–Crippen MR) is 89.0 cm³/mol. The van der Waals surface area contributed by atoms with E-state index < -0.39 is 5.41 Å². The summed E-state index contributed by atoms with van der Waals surface area (Å²) in [5, 5.41) is 9.04. The first-order valence-corrected chi connectivity index (χ1v) is 8.57. The van der Waals surface area contributed by atoms with E-state index in [1.54, 1.807) is 6.20 Å². The number of aromatic nitrogens is 1. The van der Waals surface area contributed by atoms with Gasteiger partial charge in [-0.2, -0.15) is 0 Å². The van der Waals surface area contributed by atoms with E-state index in [1.165, 1.54) is 0 Å². The molecule has 2 aliphatic rings. The van der Waals surface area contributed by atoms with Gasteiger partial charge in [0.25, 0.3) is 0 Å². The van der Waals surface area contributed by atoms with E-state index in [0.717, 1.165) is 41.8 Å². The van der Waals surface area contributed by atoms with Gasteiger partial charge in [0.05, 0.1) is 12.0 Å². The van der Waals surface area contributed by atoms with Crippen LogP contribution < -0.4 is 4.90 Å². The highest BCUT2D eigenvalue weighted by molar-refractivity contribution is 9.10. The molecular formula is C16H22BrN3O2. The number of halogens is 1. The zero-order valence-electron chi connectivity index (χ0n) is 13.0. The minimum Gasteiger partial charge on any atom is -0.395 e. The molecule has 1 aromatic rings. The Labute approximate surface area is 139 Å². The third-order valence-corrected chi connectivity index (χ3v) is 5.26. The molecule has 6 heteroatoms. The molecule has 0 spiro atoms. The summed E-state index contributed by atoms with van der Waals surface area (Å²) in [5.41, 5.74) is 0.485. The van der Waals surface area contributed by atoms with Crippen LogP contribution in [0.1, 0.15) is 32.3 Å². The molecule has 22 heavy (non-hydrogen) atoms. The fraction of sp³-hybridized carbons (Fsp3) is 0.625. The Morgan fingerprint density at radius 3 is 2.73 bits per heavy atom. The van der Waals surface area contributed by atoms with E-state index in [0.29, 0.717) is 6.54 Å². The van der Waals surface area contributed by atoms with Gasteiger partial charge in [-0.15, -0.1) is 0 Å². The van der Waals surface area contributed by atoms with Gasteiger partial charge in [0.1, 0.15) is 5.82 Å². The second-order valence-corrected chi connectivity index (χ2v) is 7.54. The van der Waals surface area contributed by atoms with Crippen molar-refractivity contribution in [2.24, 2.45) is 0 Å². The Bertz CT molecular complexity index is 583. The van der Waals surface area contributed by atoms with Crippen molar-refractivity contribution >= 4 is 27.7 Å². The second-order valence-electron chi connectivity index (χ2n) is 6.62.